The van der Waals surface area contributed by atoms with E-state index in [-0.39, 0.29) is 30.1 Å². The maximum absolute atomic E-state index is 5.94. The van der Waals surface area contributed by atoms with Gasteiger partial charge in [0, 0.05) is 18.3 Å². The third-order valence-electron chi connectivity index (χ3n) is 3.68. The van der Waals surface area contributed by atoms with Crippen molar-refractivity contribution in [1.29, 1.82) is 0 Å². The quantitative estimate of drug-likeness (QED) is 0.323. The zero-order valence-electron chi connectivity index (χ0n) is 16.5. The number of nitrogens with zero attached hydrogens (tertiary/aromatic N) is 2. The number of halogens is 1. The van der Waals surface area contributed by atoms with Gasteiger partial charge in [0.1, 0.15) is 6.10 Å². The van der Waals surface area contributed by atoms with Crippen molar-refractivity contribution in [3.8, 4) is 11.5 Å². The molecule has 150 valence electrons. The summed E-state index contributed by atoms with van der Waals surface area (Å²) in [4.78, 5) is 8.87. The number of rotatable bonds is 8. The molecule has 27 heavy (non-hydrogen) atoms. The van der Waals surface area contributed by atoms with Crippen LogP contribution >= 0.6 is 35.3 Å². The molecule has 6 nitrogen and oxygen atoms in total. The van der Waals surface area contributed by atoms with E-state index in [0.717, 1.165) is 28.2 Å². The molecule has 1 heterocycles. The Hall–Kier alpha value is -1.55. The molecule has 0 bridgehead atoms. The van der Waals surface area contributed by atoms with Crippen molar-refractivity contribution >= 4 is 41.3 Å². The van der Waals surface area contributed by atoms with Crippen LogP contribution in [-0.4, -0.2) is 37.7 Å². The van der Waals surface area contributed by atoms with Crippen LogP contribution in [0.2, 0.25) is 0 Å². The zero-order valence-corrected chi connectivity index (χ0v) is 19.6. The standard InChI is InChI=1S/C19H28N4O2S.HI/c1-13(2)18-23-15(12-26-18)11-22-19(20-4)21-10-14(3)25-17-9-7-6-8-16(17)24-5;/h6-9,12-14H,10-11H2,1-5H3,(H2,20,21,22);1H. The first-order chi connectivity index (χ1) is 12.5. The highest BCUT2D eigenvalue weighted by Crippen LogP contribution is 2.26. The maximum Gasteiger partial charge on any atom is 0.191 e. The Balaban J connectivity index is 0.00000364. The Kier molecular flexibility index (Phi) is 10.5. The largest absolute Gasteiger partial charge is 0.493 e. The predicted molar refractivity (Wildman–Crippen MR) is 123 cm³/mol. The maximum atomic E-state index is 5.94. The van der Waals surface area contributed by atoms with Crippen LogP contribution < -0.4 is 20.1 Å². The van der Waals surface area contributed by atoms with E-state index >= 15 is 0 Å². The molecule has 1 aromatic carbocycles. The van der Waals surface area contributed by atoms with Crippen LogP contribution in [0.15, 0.2) is 34.6 Å². The van der Waals surface area contributed by atoms with Gasteiger partial charge in [-0.25, -0.2) is 4.98 Å². The van der Waals surface area contributed by atoms with Crippen molar-refractivity contribution in [1.82, 2.24) is 15.6 Å². The number of benzene rings is 1. The minimum Gasteiger partial charge on any atom is -0.493 e. The Morgan fingerprint density at radius 2 is 1.89 bits per heavy atom. The molecule has 2 aromatic rings. The van der Waals surface area contributed by atoms with Gasteiger partial charge in [0.25, 0.3) is 0 Å². The summed E-state index contributed by atoms with van der Waals surface area (Å²) in [5.41, 5.74) is 1.03. The number of hydrogen-bond acceptors (Lipinski definition) is 5. The molecule has 0 spiro atoms. The Bertz CT molecular complexity index is 721. The fourth-order valence-electron chi connectivity index (χ4n) is 2.28. The second kappa shape index (κ2) is 12.0. The van der Waals surface area contributed by atoms with E-state index in [1.807, 2.05) is 31.2 Å². The summed E-state index contributed by atoms with van der Waals surface area (Å²) >= 11 is 1.70. The lowest BCUT2D eigenvalue weighted by Gasteiger charge is -2.18. The number of para-hydroxylation sites is 2. The van der Waals surface area contributed by atoms with E-state index in [4.69, 9.17) is 9.47 Å². The van der Waals surface area contributed by atoms with Crippen LogP contribution in [0.1, 0.15) is 37.4 Å². The molecular weight excluding hydrogens is 475 g/mol. The van der Waals surface area contributed by atoms with Gasteiger partial charge in [-0.05, 0) is 19.1 Å². The SMILES string of the molecule is CN=C(NCc1csc(C(C)C)n1)NCC(C)Oc1ccccc1OC.I. The predicted octanol–water partition coefficient (Wildman–Crippen LogP) is 4.03. The number of ether oxygens (including phenoxy) is 2. The van der Waals surface area contributed by atoms with Crippen LogP contribution in [0.5, 0.6) is 11.5 Å². The number of methoxy groups -OCH3 is 1. The third-order valence-corrected chi connectivity index (χ3v) is 4.87. The van der Waals surface area contributed by atoms with Crippen molar-refractivity contribution in [3.63, 3.8) is 0 Å². The number of aliphatic imine (C=N–C) groups is 1. The van der Waals surface area contributed by atoms with Gasteiger partial charge in [-0.2, -0.15) is 0 Å². The molecule has 0 amide bonds. The highest BCUT2D eigenvalue weighted by Gasteiger charge is 2.10. The molecule has 0 aliphatic heterocycles. The number of aromatic nitrogens is 1. The molecule has 2 rings (SSSR count). The summed E-state index contributed by atoms with van der Waals surface area (Å²) in [5.74, 6) is 2.64. The van der Waals surface area contributed by atoms with Crippen molar-refractivity contribution in [3.05, 3.63) is 40.3 Å². The van der Waals surface area contributed by atoms with Crippen LogP contribution in [0.3, 0.4) is 0 Å². The van der Waals surface area contributed by atoms with E-state index in [2.05, 4.69) is 39.8 Å². The zero-order chi connectivity index (χ0) is 18.9. The fraction of sp³-hybridized carbons (Fsp3) is 0.474. The molecule has 1 atom stereocenters. The molecule has 0 aliphatic rings. The summed E-state index contributed by atoms with van der Waals surface area (Å²) in [5, 5.41) is 9.80. The van der Waals surface area contributed by atoms with Crippen LogP contribution in [0, 0.1) is 0 Å². The van der Waals surface area contributed by atoms with Crippen molar-refractivity contribution in [2.24, 2.45) is 4.99 Å². The Labute approximate surface area is 182 Å². The van der Waals surface area contributed by atoms with Gasteiger partial charge in [0.05, 0.1) is 30.9 Å². The lowest BCUT2D eigenvalue weighted by Crippen LogP contribution is -2.41. The molecule has 1 aromatic heterocycles. The van der Waals surface area contributed by atoms with E-state index < -0.39 is 0 Å². The van der Waals surface area contributed by atoms with Crippen molar-refractivity contribution in [2.75, 3.05) is 20.7 Å². The molecule has 2 N–H and O–H groups in total. The first kappa shape index (κ1) is 23.5. The highest BCUT2D eigenvalue weighted by atomic mass is 127. The van der Waals surface area contributed by atoms with E-state index in [1.54, 1.807) is 25.5 Å². The normalized spacial score (nSPS) is 12.3. The molecular formula is C19H29IN4O2S. The topological polar surface area (TPSA) is 67.8 Å². The average molecular weight is 504 g/mol. The highest BCUT2D eigenvalue weighted by molar-refractivity contribution is 14.0. The Morgan fingerprint density at radius 3 is 2.48 bits per heavy atom. The molecule has 1 unspecified atom stereocenters. The fourth-order valence-corrected chi connectivity index (χ4v) is 3.11. The van der Waals surface area contributed by atoms with Gasteiger partial charge >= 0.3 is 0 Å². The lowest BCUT2D eigenvalue weighted by atomic mass is 10.2. The summed E-state index contributed by atoms with van der Waals surface area (Å²) in [6, 6.07) is 7.63. The summed E-state index contributed by atoms with van der Waals surface area (Å²) in [6.07, 6.45) is -0.0448. The number of nitrogens with one attached hydrogen (secondary N) is 2. The minimum atomic E-state index is -0.0448. The van der Waals surface area contributed by atoms with Gasteiger partial charge in [-0.1, -0.05) is 26.0 Å². The second-order valence-electron chi connectivity index (χ2n) is 6.22. The summed E-state index contributed by atoms with van der Waals surface area (Å²) in [7, 11) is 3.39. The molecule has 0 saturated carbocycles. The van der Waals surface area contributed by atoms with Gasteiger partial charge in [-0.15, -0.1) is 35.3 Å². The molecule has 8 heteroatoms. The molecule has 0 radical (unpaired) electrons. The van der Waals surface area contributed by atoms with Gasteiger partial charge in [0.15, 0.2) is 17.5 Å². The van der Waals surface area contributed by atoms with E-state index in [1.165, 1.54) is 0 Å². The molecule has 0 aliphatic carbocycles. The smallest absolute Gasteiger partial charge is 0.191 e. The van der Waals surface area contributed by atoms with E-state index in [9.17, 15) is 0 Å². The summed E-state index contributed by atoms with van der Waals surface area (Å²) in [6.45, 7) is 7.57. The number of guanidine groups is 1. The minimum absolute atomic E-state index is 0. The second-order valence-corrected chi connectivity index (χ2v) is 7.11. The van der Waals surface area contributed by atoms with Crippen LogP contribution in [0.4, 0.5) is 0 Å². The van der Waals surface area contributed by atoms with Crippen molar-refractivity contribution in [2.45, 2.75) is 39.3 Å². The Morgan fingerprint density at radius 1 is 1.19 bits per heavy atom. The average Bonchev–Trinajstić information content (AvgIpc) is 3.11. The first-order valence-electron chi connectivity index (χ1n) is 8.72. The molecule has 0 saturated heterocycles. The van der Waals surface area contributed by atoms with E-state index in [0.29, 0.717) is 19.0 Å². The molecule has 0 fully saturated rings. The monoisotopic (exact) mass is 504 g/mol. The van der Waals surface area contributed by atoms with Crippen LogP contribution in [0.25, 0.3) is 0 Å². The number of thiazole rings is 1. The van der Waals surface area contributed by atoms with Gasteiger partial charge < -0.3 is 20.1 Å². The van der Waals surface area contributed by atoms with Gasteiger partial charge in [-0.3, -0.25) is 4.99 Å². The lowest BCUT2D eigenvalue weighted by molar-refractivity contribution is 0.213. The first-order valence-corrected chi connectivity index (χ1v) is 9.60. The summed E-state index contributed by atoms with van der Waals surface area (Å²) < 4.78 is 11.3. The third kappa shape index (κ3) is 7.53. The van der Waals surface area contributed by atoms with Crippen LogP contribution in [-0.2, 0) is 6.54 Å². The van der Waals surface area contributed by atoms with Crippen molar-refractivity contribution < 1.29 is 9.47 Å². The van der Waals surface area contributed by atoms with Gasteiger partial charge in [0.2, 0.25) is 0 Å². The number of hydrogen-bond donors (Lipinski definition) is 2.